The average molecular weight is 395 g/mol. The maximum atomic E-state index is 12.9. The molecule has 7 nitrogen and oxygen atoms in total. The molecule has 150 valence electrons. The van der Waals surface area contributed by atoms with Crippen molar-refractivity contribution in [1.82, 2.24) is 4.90 Å². The predicted molar refractivity (Wildman–Crippen MR) is 104 cm³/mol. The van der Waals surface area contributed by atoms with Crippen molar-refractivity contribution in [3.05, 3.63) is 70.8 Å². The van der Waals surface area contributed by atoms with Crippen LogP contribution in [0.1, 0.15) is 38.3 Å². The van der Waals surface area contributed by atoms with E-state index in [1.54, 1.807) is 17.0 Å². The van der Waals surface area contributed by atoms with E-state index in [2.05, 4.69) is 0 Å². The maximum absolute atomic E-state index is 12.9. The normalized spacial score (nSPS) is 13.7. The van der Waals surface area contributed by atoms with Crippen molar-refractivity contribution >= 4 is 23.4 Å². The summed E-state index contributed by atoms with van der Waals surface area (Å²) in [6.45, 7) is 1.83. The highest BCUT2D eigenvalue weighted by Crippen LogP contribution is 2.18. The van der Waals surface area contributed by atoms with E-state index in [9.17, 15) is 19.2 Å². The molecule has 2 aromatic rings. The first-order valence-corrected chi connectivity index (χ1v) is 9.28. The van der Waals surface area contributed by atoms with Gasteiger partial charge in [0.2, 0.25) is 5.78 Å². The number of morpholine rings is 1. The second-order valence-electron chi connectivity index (χ2n) is 6.81. The van der Waals surface area contributed by atoms with Crippen LogP contribution in [0.25, 0.3) is 0 Å². The third kappa shape index (κ3) is 5.36. The van der Waals surface area contributed by atoms with Gasteiger partial charge in [0.1, 0.15) is 0 Å². The predicted octanol–water partition coefficient (Wildman–Crippen LogP) is 1.98. The molecule has 1 aliphatic heterocycles. The minimum Gasteiger partial charge on any atom is -0.475 e. The number of carbonyl (C=O) groups is 4. The zero-order chi connectivity index (χ0) is 20.8. The quantitative estimate of drug-likeness (QED) is 0.437. The summed E-state index contributed by atoms with van der Waals surface area (Å²) in [7, 11) is 0. The van der Waals surface area contributed by atoms with Crippen LogP contribution in [-0.4, -0.2) is 59.8 Å². The molecule has 0 radical (unpaired) electrons. The highest BCUT2D eigenvalue weighted by atomic mass is 16.5. The Labute approximate surface area is 167 Å². The van der Waals surface area contributed by atoms with Crippen LogP contribution >= 0.6 is 0 Å². The van der Waals surface area contributed by atoms with Crippen molar-refractivity contribution in [2.45, 2.75) is 12.8 Å². The van der Waals surface area contributed by atoms with E-state index in [4.69, 9.17) is 9.84 Å². The third-order valence-electron chi connectivity index (χ3n) is 4.67. The fourth-order valence-corrected chi connectivity index (χ4v) is 3.18. The van der Waals surface area contributed by atoms with Gasteiger partial charge in [0.15, 0.2) is 5.78 Å². The van der Waals surface area contributed by atoms with E-state index >= 15 is 0 Å². The van der Waals surface area contributed by atoms with Crippen LogP contribution in [0.4, 0.5) is 0 Å². The molecule has 1 fully saturated rings. The minimum atomic E-state index is -1.65. The van der Waals surface area contributed by atoms with Crippen molar-refractivity contribution in [1.29, 1.82) is 0 Å². The molecule has 0 atom stereocenters. The Morgan fingerprint density at radius 2 is 1.55 bits per heavy atom. The van der Waals surface area contributed by atoms with E-state index in [0.29, 0.717) is 38.3 Å². The highest BCUT2D eigenvalue weighted by molar-refractivity contribution is 6.37. The first-order valence-electron chi connectivity index (χ1n) is 9.28. The van der Waals surface area contributed by atoms with Crippen LogP contribution in [0.15, 0.2) is 48.5 Å². The van der Waals surface area contributed by atoms with Gasteiger partial charge in [-0.25, -0.2) is 4.79 Å². The Balaban J connectivity index is 1.92. The lowest BCUT2D eigenvalue weighted by molar-refractivity contribution is -0.148. The van der Waals surface area contributed by atoms with Gasteiger partial charge in [0, 0.05) is 24.2 Å². The zero-order valence-corrected chi connectivity index (χ0v) is 15.8. The third-order valence-corrected chi connectivity index (χ3v) is 4.67. The van der Waals surface area contributed by atoms with Crippen molar-refractivity contribution in [2.75, 3.05) is 26.3 Å². The van der Waals surface area contributed by atoms with Gasteiger partial charge in [-0.1, -0.05) is 30.3 Å². The average Bonchev–Trinajstić information content (AvgIpc) is 2.74. The molecule has 0 spiro atoms. The molecule has 1 N–H and O–H groups in total. The molecule has 1 aliphatic rings. The number of aliphatic carboxylic acids is 1. The van der Waals surface area contributed by atoms with Crippen molar-refractivity contribution in [3.8, 4) is 0 Å². The van der Waals surface area contributed by atoms with Crippen LogP contribution in [0.3, 0.4) is 0 Å². The largest absolute Gasteiger partial charge is 0.475 e. The summed E-state index contributed by atoms with van der Waals surface area (Å²) in [6.07, 6.45) is -0.243. The first kappa shape index (κ1) is 20.4. The molecule has 2 aromatic carbocycles. The molecule has 29 heavy (non-hydrogen) atoms. The van der Waals surface area contributed by atoms with Crippen molar-refractivity contribution in [3.63, 3.8) is 0 Å². The number of carboxylic acid groups (broad SMARTS) is 1. The molecule has 1 saturated heterocycles. The van der Waals surface area contributed by atoms with Gasteiger partial charge in [0.05, 0.1) is 19.6 Å². The van der Waals surface area contributed by atoms with Crippen LogP contribution < -0.4 is 0 Å². The van der Waals surface area contributed by atoms with E-state index in [1.807, 2.05) is 30.3 Å². The number of benzene rings is 2. The molecule has 7 heteroatoms. The molecule has 0 bridgehead atoms. The molecular formula is C22H21NO6. The summed E-state index contributed by atoms with van der Waals surface area (Å²) < 4.78 is 5.28. The summed E-state index contributed by atoms with van der Waals surface area (Å²) in [5, 5.41) is 8.77. The van der Waals surface area contributed by atoms with Crippen molar-refractivity contribution in [2.24, 2.45) is 0 Å². The Hall–Kier alpha value is -3.32. The number of carbonyl (C=O) groups excluding carboxylic acids is 3. The number of ketones is 2. The molecule has 0 saturated carbocycles. The Morgan fingerprint density at radius 1 is 0.897 bits per heavy atom. The fourth-order valence-electron chi connectivity index (χ4n) is 3.18. The number of hydrogen-bond acceptors (Lipinski definition) is 5. The Morgan fingerprint density at radius 3 is 2.21 bits per heavy atom. The van der Waals surface area contributed by atoms with Gasteiger partial charge in [-0.05, 0) is 35.7 Å². The lowest BCUT2D eigenvalue weighted by Gasteiger charge is -2.27. The lowest BCUT2D eigenvalue weighted by atomic mass is 9.96. The van der Waals surface area contributed by atoms with Crippen molar-refractivity contribution < 1.29 is 29.0 Å². The van der Waals surface area contributed by atoms with E-state index < -0.39 is 24.0 Å². The van der Waals surface area contributed by atoms with E-state index in [1.165, 1.54) is 6.07 Å². The summed E-state index contributed by atoms with van der Waals surface area (Å²) in [4.78, 5) is 49.3. The topological polar surface area (TPSA) is 101 Å². The monoisotopic (exact) mass is 395 g/mol. The zero-order valence-electron chi connectivity index (χ0n) is 15.8. The molecule has 0 aromatic heterocycles. The summed E-state index contributed by atoms with van der Waals surface area (Å²) >= 11 is 0. The second kappa shape index (κ2) is 9.25. The number of Topliss-reactive ketones (excluding diaryl/α,β-unsaturated/α-hetero) is 2. The number of hydrogen-bond donors (Lipinski definition) is 1. The minimum absolute atomic E-state index is 0.157. The summed E-state index contributed by atoms with van der Waals surface area (Å²) in [6, 6.07) is 14.3. The summed E-state index contributed by atoms with van der Waals surface area (Å²) in [5.41, 5.74) is 2.24. The molecule has 1 heterocycles. The number of ether oxygens (including phenoxy) is 1. The molecular weight excluding hydrogens is 374 g/mol. The van der Waals surface area contributed by atoms with Gasteiger partial charge < -0.3 is 14.7 Å². The summed E-state index contributed by atoms with van der Waals surface area (Å²) in [5.74, 6) is -3.67. The van der Waals surface area contributed by atoms with Gasteiger partial charge in [-0.3, -0.25) is 14.4 Å². The smallest absolute Gasteiger partial charge is 0.372 e. The van der Waals surface area contributed by atoms with Crippen LogP contribution in [-0.2, 0) is 20.7 Å². The SMILES string of the molecule is O=C(O)C(=O)CC(=O)c1cc(Cc2ccccc2)cc(C(=O)N2CCOCC2)c1. The Bertz CT molecular complexity index is 932. The molecule has 1 amide bonds. The highest BCUT2D eigenvalue weighted by Gasteiger charge is 2.22. The molecule has 3 rings (SSSR count). The first-order chi connectivity index (χ1) is 13.9. The molecule has 0 unspecified atom stereocenters. The number of amides is 1. The molecule has 0 aliphatic carbocycles. The standard InChI is InChI=1S/C22H21NO6/c24-19(14-20(25)22(27)28)17-11-16(10-15-4-2-1-3-5-15)12-18(13-17)21(26)23-6-8-29-9-7-23/h1-5,11-13H,6-10,14H2,(H,27,28). The maximum Gasteiger partial charge on any atom is 0.372 e. The number of nitrogens with zero attached hydrogens (tertiary/aromatic N) is 1. The van der Waals surface area contributed by atoms with Crippen LogP contribution in [0.5, 0.6) is 0 Å². The van der Waals surface area contributed by atoms with Crippen LogP contribution in [0.2, 0.25) is 0 Å². The fraction of sp³-hybridized carbons (Fsp3) is 0.273. The van der Waals surface area contributed by atoms with Gasteiger partial charge in [0.25, 0.3) is 5.91 Å². The van der Waals surface area contributed by atoms with Gasteiger partial charge >= 0.3 is 5.97 Å². The lowest BCUT2D eigenvalue weighted by Crippen LogP contribution is -2.40. The van der Waals surface area contributed by atoms with E-state index in [0.717, 1.165) is 11.1 Å². The van der Waals surface area contributed by atoms with Gasteiger partial charge in [-0.2, -0.15) is 0 Å². The number of rotatable bonds is 7. The Kier molecular flexibility index (Phi) is 6.51. The number of carboxylic acids is 1. The van der Waals surface area contributed by atoms with Gasteiger partial charge in [-0.15, -0.1) is 0 Å². The second-order valence-corrected chi connectivity index (χ2v) is 6.81. The van der Waals surface area contributed by atoms with E-state index in [-0.39, 0.29) is 11.5 Å². The van der Waals surface area contributed by atoms with Crippen LogP contribution in [0, 0.1) is 0 Å².